The van der Waals surface area contributed by atoms with Crippen LogP contribution in [0.1, 0.15) is 20.2 Å². The van der Waals surface area contributed by atoms with Crippen molar-refractivity contribution in [1.82, 2.24) is 10.3 Å². The van der Waals surface area contributed by atoms with Crippen molar-refractivity contribution in [2.45, 2.75) is 13.5 Å². The molecule has 2 aromatic rings. The summed E-state index contributed by atoms with van der Waals surface area (Å²) in [5.74, 6) is -0.258. The van der Waals surface area contributed by atoms with E-state index < -0.39 is 0 Å². The number of rotatable bonds is 3. The third kappa shape index (κ3) is 2.43. The maximum atomic E-state index is 11.6. The van der Waals surface area contributed by atoms with E-state index in [1.54, 1.807) is 17.5 Å². The van der Waals surface area contributed by atoms with Gasteiger partial charge in [-0.15, -0.1) is 11.3 Å². The van der Waals surface area contributed by atoms with Crippen molar-refractivity contribution in [3.05, 3.63) is 39.2 Å². The number of halogens is 1. The van der Waals surface area contributed by atoms with Crippen molar-refractivity contribution in [2.24, 2.45) is 0 Å². The lowest BCUT2D eigenvalue weighted by molar-refractivity contribution is 0.0950. The second-order valence-electron chi connectivity index (χ2n) is 3.16. The fraction of sp³-hybridized carbons (Fsp3) is 0.200. The van der Waals surface area contributed by atoms with E-state index in [-0.39, 0.29) is 11.1 Å². The molecule has 1 N–H and O–H groups in total. The van der Waals surface area contributed by atoms with Gasteiger partial charge in [0, 0.05) is 11.1 Å². The number of hydrogen-bond donors (Lipinski definition) is 1. The van der Waals surface area contributed by atoms with Crippen LogP contribution in [-0.2, 0) is 6.54 Å². The minimum absolute atomic E-state index is 0.104. The highest BCUT2D eigenvalue weighted by atomic mass is 35.5. The highest BCUT2D eigenvalue weighted by Crippen LogP contribution is 2.16. The summed E-state index contributed by atoms with van der Waals surface area (Å²) in [6.07, 6.45) is 3.15. The van der Waals surface area contributed by atoms with E-state index in [2.05, 4.69) is 10.3 Å². The fourth-order valence-electron chi connectivity index (χ4n) is 1.19. The Morgan fingerprint density at radius 1 is 1.69 bits per heavy atom. The first-order valence-electron chi connectivity index (χ1n) is 4.59. The number of hydrogen-bond acceptors (Lipinski definition) is 4. The van der Waals surface area contributed by atoms with Crippen LogP contribution < -0.4 is 5.32 Å². The monoisotopic (exact) mass is 256 g/mol. The number of furan rings is 1. The molecule has 2 rings (SSSR count). The molecule has 0 unspecified atom stereocenters. The normalized spacial score (nSPS) is 10.4. The molecular formula is C10H9ClN2O2S. The summed E-state index contributed by atoms with van der Waals surface area (Å²) in [7, 11) is 0. The summed E-state index contributed by atoms with van der Waals surface area (Å²) in [5, 5.41) is 3.69. The van der Waals surface area contributed by atoms with Crippen LogP contribution in [0.25, 0.3) is 0 Å². The lowest BCUT2D eigenvalue weighted by atomic mass is 10.3. The number of nitrogens with zero attached hydrogens (tertiary/aromatic N) is 1. The summed E-state index contributed by atoms with van der Waals surface area (Å²) < 4.78 is 4.83. The van der Waals surface area contributed by atoms with Gasteiger partial charge in [0.05, 0.1) is 18.4 Å². The lowest BCUT2D eigenvalue weighted by Gasteiger charge is -2.00. The van der Waals surface area contributed by atoms with E-state index in [9.17, 15) is 4.79 Å². The number of aryl methyl sites for hydroxylation is 1. The highest BCUT2D eigenvalue weighted by molar-refractivity contribution is 7.11. The highest BCUT2D eigenvalue weighted by Gasteiger charge is 2.12. The molecule has 16 heavy (non-hydrogen) atoms. The quantitative estimate of drug-likeness (QED) is 0.919. The molecule has 0 aliphatic heterocycles. The van der Waals surface area contributed by atoms with Gasteiger partial charge >= 0.3 is 0 Å². The molecule has 0 aliphatic carbocycles. The van der Waals surface area contributed by atoms with Crippen molar-refractivity contribution in [2.75, 3.05) is 0 Å². The van der Waals surface area contributed by atoms with Gasteiger partial charge in [0.25, 0.3) is 5.91 Å². The molecule has 0 spiro atoms. The summed E-state index contributed by atoms with van der Waals surface area (Å²) >= 11 is 7.23. The molecule has 2 heterocycles. The van der Waals surface area contributed by atoms with Crippen LogP contribution in [0.5, 0.6) is 0 Å². The second-order valence-corrected chi connectivity index (χ2v) is 4.82. The van der Waals surface area contributed by atoms with Crippen LogP contribution in [0.3, 0.4) is 0 Å². The van der Waals surface area contributed by atoms with Crippen LogP contribution in [0.15, 0.2) is 22.9 Å². The molecule has 0 bridgehead atoms. The van der Waals surface area contributed by atoms with E-state index >= 15 is 0 Å². The predicted octanol–water partition coefficient (Wildman–Crippen LogP) is 2.63. The third-order valence-corrected chi connectivity index (χ3v) is 3.14. The first-order chi connectivity index (χ1) is 7.66. The van der Waals surface area contributed by atoms with Crippen LogP contribution >= 0.6 is 22.9 Å². The molecule has 1 amide bonds. The summed E-state index contributed by atoms with van der Waals surface area (Å²) in [6, 6.07) is 1.53. The molecule has 2 aromatic heterocycles. The molecule has 0 saturated carbocycles. The molecule has 6 heteroatoms. The number of carbonyl (C=O) groups is 1. The Labute approximate surface area is 101 Å². The minimum Gasteiger partial charge on any atom is -0.452 e. The van der Waals surface area contributed by atoms with Crippen molar-refractivity contribution in [3.63, 3.8) is 0 Å². The maximum Gasteiger partial charge on any atom is 0.256 e. The van der Waals surface area contributed by atoms with Gasteiger partial charge in [-0.1, -0.05) is 0 Å². The average molecular weight is 257 g/mol. The molecule has 0 atom stereocenters. The molecular weight excluding hydrogens is 248 g/mol. The van der Waals surface area contributed by atoms with Gasteiger partial charge in [-0.3, -0.25) is 4.79 Å². The number of carbonyl (C=O) groups excluding carboxylic acids is 1. The van der Waals surface area contributed by atoms with Gasteiger partial charge in [-0.25, -0.2) is 4.98 Å². The van der Waals surface area contributed by atoms with Crippen LogP contribution in [0.2, 0.25) is 5.22 Å². The van der Waals surface area contributed by atoms with Gasteiger partial charge < -0.3 is 9.73 Å². The van der Waals surface area contributed by atoms with E-state index in [4.69, 9.17) is 16.0 Å². The number of thiazole rings is 1. The topological polar surface area (TPSA) is 55.1 Å². The lowest BCUT2D eigenvalue weighted by Crippen LogP contribution is -2.22. The van der Waals surface area contributed by atoms with E-state index in [0.717, 1.165) is 9.88 Å². The number of aromatic nitrogens is 1. The van der Waals surface area contributed by atoms with Gasteiger partial charge in [0.2, 0.25) is 5.22 Å². The zero-order chi connectivity index (χ0) is 11.5. The van der Waals surface area contributed by atoms with Gasteiger partial charge in [0.15, 0.2) is 0 Å². The van der Waals surface area contributed by atoms with Crippen molar-refractivity contribution in [1.29, 1.82) is 0 Å². The third-order valence-electron chi connectivity index (χ3n) is 1.93. The molecule has 0 radical (unpaired) electrons. The first kappa shape index (κ1) is 11.2. The Morgan fingerprint density at radius 3 is 3.06 bits per heavy atom. The molecule has 0 fully saturated rings. The number of nitrogens with one attached hydrogen (secondary N) is 1. The molecule has 84 valence electrons. The molecule has 0 aromatic carbocycles. The van der Waals surface area contributed by atoms with Crippen LogP contribution in [-0.4, -0.2) is 10.9 Å². The van der Waals surface area contributed by atoms with E-state index in [1.807, 2.05) is 6.92 Å². The van der Waals surface area contributed by atoms with Crippen LogP contribution in [0.4, 0.5) is 0 Å². The minimum atomic E-state index is -0.258. The average Bonchev–Trinajstić information content (AvgIpc) is 2.84. The Balaban J connectivity index is 1.96. The zero-order valence-corrected chi connectivity index (χ0v) is 10.1. The Morgan fingerprint density at radius 2 is 2.50 bits per heavy atom. The Bertz CT molecular complexity index is 506. The van der Waals surface area contributed by atoms with Crippen molar-refractivity contribution in [3.8, 4) is 0 Å². The Hall–Kier alpha value is -1.33. The number of amides is 1. The summed E-state index contributed by atoms with van der Waals surface area (Å²) in [5.41, 5.74) is 0.343. The second kappa shape index (κ2) is 4.67. The summed E-state index contributed by atoms with van der Waals surface area (Å²) in [6.45, 7) is 2.37. The zero-order valence-electron chi connectivity index (χ0n) is 8.49. The fourth-order valence-corrected chi connectivity index (χ4v) is 2.12. The first-order valence-corrected chi connectivity index (χ1v) is 5.79. The maximum absolute atomic E-state index is 11.6. The smallest absolute Gasteiger partial charge is 0.256 e. The van der Waals surface area contributed by atoms with Gasteiger partial charge in [-0.05, 0) is 24.6 Å². The van der Waals surface area contributed by atoms with E-state index in [1.165, 1.54) is 12.3 Å². The predicted molar refractivity (Wildman–Crippen MR) is 61.7 cm³/mol. The van der Waals surface area contributed by atoms with Crippen molar-refractivity contribution < 1.29 is 9.21 Å². The van der Waals surface area contributed by atoms with Crippen LogP contribution in [0, 0.1) is 6.92 Å². The molecule has 4 nitrogen and oxygen atoms in total. The van der Waals surface area contributed by atoms with Gasteiger partial charge in [0.1, 0.15) is 5.01 Å². The SMILES string of the molecule is Cc1cnc(CNC(=O)c2ccoc2Cl)s1. The molecule has 0 saturated heterocycles. The van der Waals surface area contributed by atoms with Crippen molar-refractivity contribution >= 4 is 28.8 Å². The van der Waals surface area contributed by atoms with E-state index in [0.29, 0.717) is 12.1 Å². The Kier molecular flexibility index (Phi) is 3.26. The standard InChI is InChI=1S/C10H9ClN2O2S/c1-6-4-12-8(16-6)5-13-10(14)7-2-3-15-9(7)11/h2-4H,5H2,1H3,(H,13,14). The van der Waals surface area contributed by atoms with Gasteiger partial charge in [-0.2, -0.15) is 0 Å². The summed E-state index contributed by atoms with van der Waals surface area (Å²) in [4.78, 5) is 16.9. The largest absolute Gasteiger partial charge is 0.452 e. The molecule has 0 aliphatic rings.